The molecule has 0 spiro atoms. The minimum Gasteiger partial charge on any atom is -0.294 e. The van der Waals surface area contributed by atoms with Crippen LogP contribution in [0.2, 0.25) is 0 Å². The van der Waals surface area contributed by atoms with E-state index in [1.54, 1.807) is 0 Å². The molecule has 158 valence electrons. The zero-order valence-corrected chi connectivity index (χ0v) is 17.8. The van der Waals surface area contributed by atoms with Gasteiger partial charge in [0.05, 0.1) is 0 Å². The lowest BCUT2D eigenvalue weighted by Gasteiger charge is -2.56. The van der Waals surface area contributed by atoms with E-state index in [4.69, 9.17) is 0 Å². The SMILES string of the molecule is CC1CCC2C(CCC3C2CCC2(C)C(C(=O)c4cc(F)cc(F)c4)CCC32)C1. The number of ketones is 1. The van der Waals surface area contributed by atoms with E-state index in [-0.39, 0.29) is 22.7 Å². The standard InChI is InChI=1S/C26H34F2O/c1-15-3-5-20-16(11-15)4-6-22-21(20)9-10-26(2)23(22)7-8-24(26)25(29)17-12-18(27)14-19(28)13-17/h12-16,20-24H,3-11H2,1-2H3. The van der Waals surface area contributed by atoms with E-state index in [2.05, 4.69) is 13.8 Å². The van der Waals surface area contributed by atoms with Gasteiger partial charge >= 0.3 is 0 Å². The maximum Gasteiger partial charge on any atom is 0.166 e. The smallest absolute Gasteiger partial charge is 0.166 e. The predicted molar refractivity (Wildman–Crippen MR) is 110 cm³/mol. The molecule has 1 nitrogen and oxygen atoms in total. The molecule has 4 aliphatic rings. The van der Waals surface area contributed by atoms with Crippen LogP contribution in [-0.4, -0.2) is 5.78 Å². The molecule has 4 fully saturated rings. The lowest BCUT2D eigenvalue weighted by molar-refractivity contribution is -0.0634. The summed E-state index contributed by atoms with van der Waals surface area (Å²) in [6.07, 6.45) is 11.2. The van der Waals surface area contributed by atoms with E-state index in [1.165, 1.54) is 50.7 Å². The fourth-order valence-corrected chi connectivity index (χ4v) is 8.42. The van der Waals surface area contributed by atoms with Crippen LogP contribution in [0.3, 0.4) is 0 Å². The number of fused-ring (bicyclic) bond motifs is 5. The number of halogens is 2. The summed E-state index contributed by atoms with van der Waals surface area (Å²) in [4.78, 5) is 13.3. The van der Waals surface area contributed by atoms with Gasteiger partial charge in [0.1, 0.15) is 11.6 Å². The van der Waals surface area contributed by atoms with Crippen molar-refractivity contribution in [1.29, 1.82) is 0 Å². The van der Waals surface area contributed by atoms with E-state index >= 15 is 0 Å². The minimum atomic E-state index is -0.651. The Morgan fingerprint density at radius 3 is 2.38 bits per heavy atom. The Kier molecular flexibility index (Phi) is 4.87. The number of benzene rings is 1. The third-order valence-electron chi connectivity index (χ3n) is 9.68. The van der Waals surface area contributed by atoms with Crippen molar-refractivity contribution in [2.45, 2.75) is 71.6 Å². The summed E-state index contributed by atoms with van der Waals surface area (Å²) in [6.45, 7) is 4.73. The Bertz CT molecular complexity index is 784. The van der Waals surface area contributed by atoms with Crippen LogP contribution in [0.15, 0.2) is 18.2 Å². The second kappa shape index (κ2) is 7.17. The first-order valence-corrected chi connectivity index (χ1v) is 11.9. The molecule has 0 bridgehead atoms. The van der Waals surface area contributed by atoms with Gasteiger partial charge in [-0.05, 0) is 104 Å². The monoisotopic (exact) mass is 400 g/mol. The van der Waals surface area contributed by atoms with Gasteiger partial charge in [0, 0.05) is 17.5 Å². The number of carbonyl (C=O) groups excluding carboxylic acids is 1. The number of rotatable bonds is 2. The molecule has 0 aromatic heterocycles. The molecule has 29 heavy (non-hydrogen) atoms. The fraction of sp³-hybridized carbons (Fsp3) is 0.731. The molecular formula is C26H34F2O. The second-order valence-electron chi connectivity index (χ2n) is 11.1. The molecule has 8 unspecified atom stereocenters. The first-order valence-electron chi connectivity index (χ1n) is 11.9. The third-order valence-corrected chi connectivity index (χ3v) is 9.68. The fourth-order valence-electron chi connectivity index (χ4n) is 8.42. The highest BCUT2D eigenvalue weighted by Gasteiger charge is 2.58. The van der Waals surface area contributed by atoms with Crippen molar-refractivity contribution in [2.75, 3.05) is 0 Å². The topological polar surface area (TPSA) is 17.1 Å². The summed E-state index contributed by atoms with van der Waals surface area (Å²) in [6, 6.07) is 3.30. The zero-order valence-electron chi connectivity index (χ0n) is 17.8. The Morgan fingerprint density at radius 1 is 0.897 bits per heavy atom. The first kappa shape index (κ1) is 19.7. The lowest BCUT2D eigenvalue weighted by atomic mass is 9.49. The summed E-state index contributed by atoms with van der Waals surface area (Å²) < 4.78 is 27.4. The average molecular weight is 401 g/mol. The molecule has 0 amide bonds. The molecular weight excluding hydrogens is 366 g/mol. The van der Waals surface area contributed by atoms with Crippen LogP contribution < -0.4 is 0 Å². The zero-order chi connectivity index (χ0) is 20.3. The van der Waals surface area contributed by atoms with Crippen molar-refractivity contribution < 1.29 is 13.6 Å². The molecule has 0 aliphatic heterocycles. The van der Waals surface area contributed by atoms with Crippen LogP contribution in [0.4, 0.5) is 8.78 Å². The maximum atomic E-state index is 13.7. The minimum absolute atomic E-state index is 0.00413. The number of hydrogen-bond donors (Lipinski definition) is 0. The molecule has 0 saturated heterocycles. The Hall–Kier alpha value is -1.25. The van der Waals surface area contributed by atoms with Gasteiger partial charge in [0.15, 0.2) is 5.78 Å². The highest BCUT2D eigenvalue weighted by molar-refractivity contribution is 5.98. The molecule has 1 aromatic carbocycles. The lowest BCUT2D eigenvalue weighted by Crippen LogP contribution is -2.49. The largest absolute Gasteiger partial charge is 0.294 e. The summed E-state index contributed by atoms with van der Waals surface area (Å²) in [5.41, 5.74) is 0.219. The van der Waals surface area contributed by atoms with Gasteiger partial charge in [-0.1, -0.05) is 20.3 Å². The van der Waals surface area contributed by atoms with Gasteiger partial charge in [-0.25, -0.2) is 8.78 Å². The molecule has 0 N–H and O–H groups in total. The number of carbonyl (C=O) groups is 1. The van der Waals surface area contributed by atoms with Crippen LogP contribution >= 0.6 is 0 Å². The van der Waals surface area contributed by atoms with Gasteiger partial charge < -0.3 is 0 Å². The van der Waals surface area contributed by atoms with Gasteiger partial charge in [0.2, 0.25) is 0 Å². The van der Waals surface area contributed by atoms with Crippen molar-refractivity contribution in [3.63, 3.8) is 0 Å². The quantitative estimate of drug-likeness (QED) is 0.486. The van der Waals surface area contributed by atoms with Crippen molar-refractivity contribution >= 4 is 5.78 Å². The van der Waals surface area contributed by atoms with Crippen molar-refractivity contribution in [3.8, 4) is 0 Å². The van der Waals surface area contributed by atoms with Crippen LogP contribution in [0.5, 0.6) is 0 Å². The molecule has 4 saturated carbocycles. The molecule has 8 atom stereocenters. The van der Waals surface area contributed by atoms with Crippen molar-refractivity contribution in [2.24, 2.45) is 46.8 Å². The first-order chi connectivity index (χ1) is 13.9. The summed E-state index contributed by atoms with van der Waals surface area (Å²) in [7, 11) is 0. The molecule has 3 heteroatoms. The van der Waals surface area contributed by atoms with E-state index in [9.17, 15) is 13.6 Å². The van der Waals surface area contributed by atoms with Gasteiger partial charge in [-0.15, -0.1) is 0 Å². The average Bonchev–Trinajstić information content (AvgIpc) is 3.03. The van der Waals surface area contributed by atoms with Gasteiger partial charge in [0.25, 0.3) is 0 Å². The van der Waals surface area contributed by atoms with Crippen molar-refractivity contribution in [1.82, 2.24) is 0 Å². The summed E-state index contributed by atoms with van der Waals surface area (Å²) >= 11 is 0. The maximum absolute atomic E-state index is 13.7. The molecule has 0 heterocycles. The van der Waals surface area contributed by atoms with Gasteiger partial charge in [-0.2, -0.15) is 0 Å². The molecule has 5 rings (SSSR count). The van der Waals surface area contributed by atoms with E-state index in [0.29, 0.717) is 5.92 Å². The van der Waals surface area contributed by atoms with Crippen LogP contribution in [0.25, 0.3) is 0 Å². The number of Topliss-reactive ketones (excluding diaryl/α,β-unsaturated/α-hetero) is 1. The van der Waals surface area contributed by atoms with Crippen LogP contribution in [-0.2, 0) is 0 Å². The highest BCUT2D eigenvalue weighted by Crippen LogP contribution is 2.64. The van der Waals surface area contributed by atoms with E-state index in [0.717, 1.165) is 54.9 Å². The van der Waals surface area contributed by atoms with Gasteiger partial charge in [-0.3, -0.25) is 4.79 Å². The Labute approximate surface area is 173 Å². The van der Waals surface area contributed by atoms with E-state index < -0.39 is 11.6 Å². The predicted octanol–water partition coefficient (Wildman–Crippen LogP) is 7.05. The number of hydrogen-bond acceptors (Lipinski definition) is 1. The van der Waals surface area contributed by atoms with E-state index in [1.807, 2.05) is 0 Å². The van der Waals surface area contributed by atoms with Crippen molar-refractivity contribution in [3.05, 3.63) is 35.4 Å². The highest BCUT2D eigenvalue weighted by atomic mass is 19.1. The molecule has 1 aromatic rings. The third kappa shape index (κ3) is 3.18. The normalized spacial score (nSPS) is 43.9. The summed E-state index contributed by atoms with van der Waals surface area (Å²) in [5.74, 6) is 3.51. The molecule has 4 aliphatic carbocycles. The Balaban J connectivity index is 1.38. The second-order valence-corrected chi connectivity index (χ2v) is 11.1. The molecule has 0 radical (unpaired) electrons. The summed E-state index contributed by atoms with van der Waals surface area (Å²) in [5, 5.41) is 0. The van der Waals surface area contributed by atoms with Crippen LogP contribution in [0, 0.1) is 58.5 Å². The van der Waals surface area contributed by atoms with Crippen LogP contribution in [0.1, 0.15) is 82.0 Å². The Morgan fingerprint density at radius 2 is 1.62 bits per heavy atom.